The molecule has 52 heavy (non-hydrogen) atoms. The normalized spacial score (nSPS) is 15.0. The minimum atomic E-state index is -1.21. The Morgan fingerprint density at radius 1 is 0.923 bits per heavy atom. The molecule has 0 aliphatic carbocycles. The van der Waals surface area contributed by atoms with Crippen molar-refractivity contribution in [3.8, 4) is 5.75 Å². The first-order chi connectivity index (χ1) is 24.7. The van der Waals surface area contributed by atoms with E-state index in [0.29, 0.717) is 17.1 Å². The zero-order chi connectivity index (χ0) is 37.7. The van der Waals surface area contributed by atoms with Gasteiger partial charge in [-0.15, -0.1) is 0 Å². The number of esters is 2. The highest BCUT2D eigenvalue weighted by Crippen LogP contribution is 2.38. The van der Waals surface area contributed by atoms with Crippen molar-refractivity contribution < 1.29 is 38.2 Å². The molecule has 2 atom stereocenters. The second-order valence-electron chi connectivity index (χ2n) is 13.3. The van der Waals surface area contributed by atoms with Crippen LogP contribution >= 0.6 is 15.9 Å². The molecule has 1 aliphatic rings. The monoisotopic (exact) mass is 772 g/mol. The van der Waals surface area contributed by atoms with E-state index >= 15 is 0 Å². The van der Waals surface area contributed by atoms with Gasteiger partial charge in [0.2, 0.25) is 5.91 Å². The first-order valence-electron chi connectivity index (χ1n) is 16.6. The van der Waals surface area contributed by atoms with Gasteiger partial charge in [-0.1, -0.05) is 40.2 Å². The Morgan fingerprint density at radius 2 is 1.60 bits per heavy atom. The molecular formula is C39H41BrN4O8. The van der Waals surface area contributed by atoms with Crippen LogP contribution in [0.5, 0.6) is 5.75 Å². The number of carbonyl (C=O) groups excluding carboxylic acids is 5. The fourth-order valence-electron chi connectivity index (χ4n) is 5.93. The Kier molecular flexibility index (Phi) is 11.7. The van der Waals surface area contributed by atoms with Gasteiger partial charge in [-0.3, -0.25) is 24.5 Å². The number of rotatable bonds is 10. The van der Waals surface area contributed by atoms with E-state index in [1.54, 1.807) is 64.0 Å². The van der Waals surface area contributed by atoms with Crippen LogP contribution in [-0.4, -0.2) is 74.7 Å². The van der Waals surface area contributed by atoms with Gasteiger partial charge < -0.3 is 29.3 Å². The van der Waals surface area contributed by atoms with Crippen molar-refractivity contribution in [2.45, 2.75) is 51.9 Å². The lowest BCUT2D eigenvalue weighted by Gasteiger charge is -2.27. The average molecular weight is 774 g/mol. The van der Waals surface area contributed by atoms with Crippen molar-refractivity contribution in [2.24, 2.45) is 0 Å². The molecule has 0 fully saturated rings. The third kappa shape index (κ3) is 8.60. The van der Waals surface area contributed by atoms with Crippen LogP contribution in [0.25, 0.3) is 10.8 Å². The van der Waals surface area contributed by atoms with Crippen molar-refractivity contribution >= 4 is 67.7 Å². The van der Waals surface area contributed by atoms with Gasteiger partial charge in [0, 0.05) is 15.6 Å². The number of hydrogen-bond donors (Lipinski definition) is 2. The number of benzene rings is 4. The molecule has 0 saturated heterocycles. The van der Waals surface area contributed by atoms with Crippen LogP contribution in [0, 0.1) is 0 Å². The van der Waals surface area contributed by atoms with Gasteiger partial charge in [0.25, 0.3) is 11.8 Å². The highest BCUT2D eigenvalue weighted by atomic mass is 79.9. The average Bonchev–Trinajstić information content (AvgIpc) is 3.23. The largest absolute Gasteiger partial charge is 0.496 e. The summed E-state index contributed by atoms with van der Waals surface area (Å²) in [6.07, 6.45) is 0. The van der Waals surface area contributed by atoms with Gasteiger partial charge >= 0.3 is 11.9 Å². The van der Waals surface area contributed by atoms with E-state index in [-0.39, 0.29) is 30.8 Å². The molecule has 1 aliphatic heterocycles. The summed E-state index contributed by atoms with van der Waals surface area (Å²) in [7, 11) is 2.83. The van der Waals surface area contributed by atoms with Gasteiger partial charge in [0.15, 0.2) is 0 Å². The van der Waals surface area contributed by atoms with Gasteiger partial charge in [0.1, 0.15) is 17.4 Å². The van der Waals surface area contributed by atoms with Crippen LogP contribution in [-0.2, 0) is 30.4 Å². The summed E-state index contributed by atoms with van der Waals surface area (Å²) < 4.78 is 16.8. The predicted molar refractivity (Wildman–Crippen MR) is 201 cm³/mol. The molecule has 0 radical (unpaired) electrons. The SMILES string of the molecule is COC(=O)c1ccc(C(=O)N2C[C@H](NC(=O)[C@H](C)NCC(=O)OC(C)(C)C)C(=O)N(Cc3c(OC)ccc4cc(Br)ccc34)c3ccccc32)cc1. The van der Waals surface area contributed by atoms with E-state index in [9.17, 15) is 24.0 Å². The van der Waals surface area contributed by atoms with E-state index < -0.39 is 47.3 Å². The van der Waals surface area contributed by atoms with Crippen molar-refractivity contribution in [3.63, 3.8) is 0 Å². The Balaban J connectivity index is 1.55. The molecule has 4 aromatic carbocycles. The van der Waals surface area contributed by atoms with E-state index in [0.717, 1.165) is 20.8 Å². The summed E-state index contributed by atoms with van der Waals surface area (Å²) in [6.45, 7) is 6.41. The zero-order valence-electron chi connectivity index (χ0n) is 29.8. The number of anilines is 2. The van der Waals surface area contributed by atoms with Gasteiger partial charge in [-0.05, 0) is 93.1 Å². The standard InChI is InChI=1S/C39H41BrN4O8/c1-23(41-20-34(45)52-39(2,3)4)35(46)42-30-22-44(36(47)24-11-13-25(14-12-24)38(49)51-6)32-10-8-7-9-31(32)43(37(30)48)21-29-28-17-16-27(40)19-26(28)15-18-33(29)50-5/h7-19,23,30,41H,20-22H2,1-6H3,(H,42,46)/t23-,30-/m0/s1. The summed E-state index contributed by atoms with van der Waals surface area (Å²) in [6, 6.07) is 20.5. The summed E-state index contributed by atoms with van der Waals surface area (Å²) >= 11 is 3.53. The van der Waals surface area contributed by atoms with Gasteiger partial charge in [-0.2, -0.15) is 0 Å². The Hall–Kier alpha value is -5.27. The molecule has 13 heteroatoms. The maximum Gasteiger partial charge on any atom is 0.337 e. The highest BCUT2D eigenvalue weighted by Gasteiger charge is 2.38. The lowest BCUT2D eigenvalue weighted by atomic mass is 10.0. The number of fused-ring (bicyclic) bond motifs is 2. The summed E-state index contributed by atoms with van der Waals surface area (Å²) in [5, 5.41) is 7.47. The van der Waals surface area contributed by atoms with Gasteiger partial charge in [-0.25, -0.2) is 4.79 Å². The maximum atomic E-state index is 14.7. The van der Waals surface area contributed by atoms with E-state index in [1.807, 2.05) is 30.3 Å². The summed E-state index contributed by atoms with van der Waals surface area (Å²) in [5.41, 5.74) is 1.43. The zero-order valence-corrected chi connectivity index (χ0v) is 31.4. The third-order valence-electron chi connectivity index (χ3n) is 8.46. The third-order valence-corrected chi connectivity index (χ3v) is 8.95. The quantitative estimate of drug-likeness (QED) is 0.203. The smallest absolute Gasteiger partial charge is 0.337 e. The first-order valence-corrected chi connectivity index (χ1v) is 17.4. The number of nitrogens with one attached hydrogen (secondary N) is 2. The van der Waals surface area contributed by atoms with Crippen molar-refractivity contribution in [3.05, 3.63) is 100 Å². The van der Waals surface area contributed by atoms with Crippen molar-refractivity contribution in [1.29, 1.82) is 0 Å². The minimum Gasteiger partial charge on any atom is -0.496 e. The van der Waals surface area contributed by atoms with E-state index in [1.165, 1.54) is 36.3 Å². The fourth-order valence-corrected chi connectivity index (χ4v) is 6.31. The minimum absolute atomic E-state index is 0.0483. The second kappa shape index (κ2) is 16.0. The second-order valence-corrected chi connectivity index (χ2v) is 14.2. The van der Waals surface area contributed by atoms with Crippen LogP contribution in [0.2, 0.25) is 0 Å². The molecular weight excluding hydrogens is 732 g/mol. The molecule has 0 unspecified atom stereocenters. The topological polar surface area (TPSA) is 144 Å². The van der Waals surface area contributed by atoms with Crippen LogP contribution in [0.3, 0.4) is 0 Å². The van der Waals surface area contributed by atoms with Gasteiger partial charge in [0.05, 0.1) is 56.8 Å². The number of hydrogen-bond acceptors (Lipinski definition) is 9. The van der Waals surface area contributed by atoms with E-state index in [2.05, 4.69) is 26.6 Å². The predicted octanol–water partition coefficient (Wildman–Crippen LogP) is 5.40. The number of amides is 3. The van der Waals surface area contributed by atoms with E-state index in [4.69, 9.17) is 14.2 Å². The molecule has 1 heterocycles. The first kappa shape index (κ1) is 38.0. The molecule has 0 aromatic heterocycles. The molecule has 272 valence electrons. The molecule has 12 nitrogen and oxygen atoms in total. The Bertz CT molecular complexity index is 2010. The summed E-state index contributed by atoms with van der Waals surface area (Å²) in [4.78, 5) is 70.0. The maximum absolute atomic E-state index is 14.7. The number of nitrogens with zero attached hydrogens (tertiary/aromatic N) is 2. The molecule has 4 aromatic rings. The molecule has 3 amide bonds. The Labute approximate surface area is 310 Å². The molecule has 5 rings (SSSR count). The molecule has 2 N–H and O–H groups in total. The van der Waals surface area contributed by atoms with Crippen molar-refractivity contribution in [2.75, 3.05) is 37.1 Å². The highest BCUT2D eigenvalue weighted by molar-refractivity contribution is 9.10. The summed E-state index contributed by atoms with van der Waals surface area (Å²) in [5.74, 6) is -2.01. The number of ether oxygens (including phenoxy) is 3. The lowest BCUT2D eigenvalue weighted by Crippen LogP contribution is -2.56. The van der Waals surface area contributed by atoms with Crippen molar-refractivity contribution in [1.82, 2.24) is 10.6 Å². The lowest BCUT2D eigenvalue weighted by molar-refractivity contribution is -0.153. The van der Waals surface area contributed by atoms with Crippen LogP contribution < -0.4 is 25.2 Å². The number of methoxy groups -OCH3 is 2. The Morgan fingerprint density at radius 3 is 2.25 bits per heavy atom. The number of para-hydroxylation sites is 2. The molecule has 0 bridgehead atoms. The molecule has 0 saturated carbocycles. The van der Waals surface area contributed by atoms with Crippen LogP contribution in [0.15, 0.2) is 83.3 Å². The fraction of sp³-hybridized carbons (Fsp3) is 0.308. The number of carbonyl (C=O) groups is 5. The molecule has 0 spiro atoms. The van der Waals surface area contributed by atoms with Crippen LogP contribution in [0.4, 0.5) is 11.4 Å². The van der Waals surface area contributed by atoms with Crippen LogP contribution in [0.1, 0.15) is 54.0 Å². The number of halogens is 1.